The minimum atomic E-state index is 0.570. The van der Waals surface area contributed by atoms with E-state index in [0.717, 1.165) is 21.7 Å². The largest absolute Gasteiger partial charge is 0.329 e. The van der Waals surface area contributed by atoms with Gasteiger partial charge in [0.25, 0.3) is 0 Å². The van der Waals surface area contributed by atoms with Crippen LogP contribution in [0.1, 0.15) is 5.56 Å². The van der Waals surface area contributed by atoms with E-state index in [1.165, 1.54) is 5.56 Å². The van der Waals surface area contributed by atoms with Gasteiger partial charge >= 0.3 is 0 Å². The van der Waals surface area contributed by atoms with Gasteiger partial charge in [-0.3, -0.25) is 0 Å². The third-order valence-corrected chi connectivity index (χ3v) is 4.41. The van der Waals surface area contributed by atoms with Gasteiger partial charge in [-0.05, 0) is 42.8 Å². The normalized spacial score (nSPS) is 10.4. The Balaban J connectivity index is 1.83. The first kappa shape index (κ1) is 15.5. The van der Waals surface area contributed by atoms with E-state index in [9.17, 15) is 0 Å². The van der Waals surface area contributed by atoms with E-state index in [1.807, 2.05) is 66.5 Å². The summed E-state index contributed by atoms with van der Waals surface area (Å²) in [6.07, 6.45) is 1.76. The molecule has 0 bridgehead atoms. The summed E-state index contributed by atoms with van der Waals surface area (Å²) in [6.45, 7) is 2.06. The van der Waals surface area contributed by atoms with Crippen molar-refractivity contribution in [3.63, 3.8) is 0 Å². The van der Waals surface area contributed by atoms with Crippen LogP contribution in [0, 0.1) is 6.92 Å². The summed E-state index contributed by atoms with van der Waals surface area (Å²) in [5.41, 5.74) is 3.21. The van der Waals surface area contributed by atoms with Crippen molar-refractivity contribution in [2.45, 2.75) is 6.92 Å². The molecule has 3 aromatic rings. The number of nitrogens with one attached hydrogen (secondary N) is 1. The van der Waals surface area contributed by atoms with Crippen molar-refractivity contribution >= 4 is 39.1 Å². The molecule has 1 N–H and O–H groups in total. The highest BCUT2D eigenvalue weighted by molar-refractivity contribution is 9.10. The van der Waals surface area contributed by atoms with Gasteiger partial charge in [-0.15, -0.1) is 0 Å². The SMILES string of the molecule is Cc1ccc(Nc2nccc(N(C)c3ccccc3)n2)cc1Br. The Morgan fingerprint density at radius 1 is 1.04 bits per heavy atom. The second-order valence-corrected chi connectivity index (χ2v) is 6.08. The molecule has 23 heavy (non-hydrogen) atoms. The van der Waals surface area contributed by atoms with Crippen LogP contribution in [-0.2, 0) is 0 Å². The number of rotatable bonds is 4. The molecular weight excluding hydrogens is 352 g/mol. The highest BCUT2D eigenvalue weighted by atomic mass is 79.9. The lowest BCUT2D eigenvalue weighted by molar-refractivity contribution is 1.08. The molecule has 116 valence electrons. The van der Waals surface area contributed by atoms with E-state index < -0.39 is 0 Å². The van der Waals surface area contributed by atoms with Crippen molar-refractivity contribution in [3.8, 4) is 0 Å². The van der Waals surface area contributed by atoms with Crippen molar-refractivity contribution < 1.29 is 0 Å². The first-order valence-electron chi connectivity index (χ1n) is 7.28. The summed E-state index contributed by atoms with van der Waals surface area (Å²) in [5.74, 6) is 1.40. The Labute approximate surface area is 144 Å². The number of hydrogen-bond donors (Lipinski definition) is 1. The van der Waals surface area contributed by atoms with Gasteiger partial charge < -0.3 is 10.2 Å². The van der Waals surface area contributed by atoms with Crippen LogP contribution in [-0.4, -0.2) is 17.0 Å². The fraction of sp³-hybridized carbons (Fsp3) is 0.111. The highest BCUT2D eigenvalue weighted by Gasteiger charge is 2.07. The first-order chi connectivity index (χ1) is 11.1. The van der Waals surface area contributed by atoms with Gasteiger partial charge in [0.05, 0.1) is 0 Å². The molecular formula is C18H17BrN4. The molecule has 2 aromatic carbocycles. The Hall–Kier alpha value is -2.40. The topological polar surface area (TPSA) is 41.1 Å². The van der Waals surface area contributed by atoms with Crippen LogP contribution >= 0.6 is 15.9 Å². The molecule has 0 atom stereocenters. The molecule has 0 amide bonds. The molecule has 4 nitrogen and oxygen atoms in total. The average molecular weight is 369 g/mol. The quantitative estimate of drug-likeness (QED) is 0.698. The molecule has 0 fully saturated rings. The fourth-order valence-electron chi connectivity index (χ4n) is 2.18. The maximum atomic E-state index is 4.58. The molecule has 0 unspecified atom stereocenters. The van der Waals surface area contributed by atoms with Crippen LogP contribution < -0.4 is 10.2 Å². The van der Waals surface area contributed by atoms with E-state index in [-0.39, 0.29) is 0 Å². The summed E-state index contributed by atoms with van der Waals surface area (Å²) in [5, 5.41) is 3.24. The maximum Gasteiger partial charge on any atom is 0.229 e. The van der Waals surface area contributed by atoms with Gasteiger partial charge in [-0.2, -0.15) is 4.98 Å². The molecule has 0 aliphatic carbocycles. The molecule has 3 rings (SSSR count). The zero-order valence-corrected chi connectivity index (χ0v) is 14.6. The molecule has 0 saturated carbocycles. The molecule has 0 saturated heterocycles. The lowest BCUT2D eigenvalue weighted by atomic mass is 10.2. The average Bonchev–Trinajstić information content (AvgIpc) is 2.58. The number of nitrogens with zero attached hydrogens (tertiary/aromatic N) is 3. The van der Waals surface area contributed by atoms with Crippen molar-refractivity contribution in [2.24, 2.45) is 0 Å². The summed E-state index contributed by atoms with van der Waals surface area (Å²) in [7, 11) is 1.99. The van der Waals surface area contributed by atoms with Gasteiger partial charge in [-0.1, -0.05) is 40.2 Å². The predicted octanol–water partition coefficient (Wildman–Crippen LogP) is 5.06. The van der Waals surface area contributed by atoms with Gasteiger partial charge in [0.2, 0.25) is 5.95 Å². The molecule has 1 heterocycles. The van der Waals surface area contributed by atoms with Gasteiger partial charge in [0, 0.05) is 29.1 Å². The lowest BCUT2D eigenvalue weighted by Crippen LogP contribution is -2.12. The maximum absolute atomic E-state index is 4.58. The summed E-state index contributed by atoms with van der Waals surface area (Å²) < 4.78 is 1.06. The fourth-order valence-corrected chi connectivity index (χ4v) is 2.56. The van der Waals surface area contributed by atoms with Crippen molar-refractivity contribution in [1.82, 2.24) is 9.97 Å². The summed E-state index contributed by atoms with van der Waals surface area (Å²) in [6, 6.07) is 18.1. The Morgan fingerprint density at radius 2 is 1.83 bits per heavy atom. The Bertz CT molecular complexity index is 805. The molecule has 0 radical (unpaired) electrons. The number of halogens is 1. The Morgan fingerprint density at radius 3 is 2.57 bits per heavy atom. The van der Waals surface area contributed by atoms with E-state index >= 15 is 0 Å². The lowest BCUT2D eigenvalue weighted by Gasteiger charge is -2.18. The van der Waals surface area contributed by atoms with Gasteiger partial charge in [0.1, 0.15) is 5.82 Å². The summed E-state index contributed by atoms with van der Waals surface area (Å²) in [4.78, 5) is 10.9. The number of aryl methyl sites for hydroxylation is 1. The van der Waals surface area contributed by atoms with Crippen molar-refractivity contribution in [2.75, 3.05) is 17.3 Å². The third kappa shape index (κ3) is 3.68. The second kappa shape index (κ2) is 6.79. The zero-order chi connectivity index (χ0) is 16.2. The van der Waals surface area contributed by atoms with Crippen molar-refractivity contribution in [3.05, 3.63) is 70.8 Å². The van der Waals surface area contributed by atoms with Crippen LogP contribution in [0.5, 0.6) is 0 Å². The zero-order valence-electron chi connectivity index (χ0n) is 13.0. The highest BCUT2D eigenvalue weighted by Crippen LogP contribution is 2.24. The van der Waals surface area contributed by atoms with Crippen LogP contribution in [0.4, 0.5) is 23.1 Å². The van der Waals surface area contributed by atoms with E-state index in [1.54, 1.807) is 6.20 Å². The molecule has 1 aromatic heterocycles. The number of para-hydroxylation sites is 1. The third-order valence-electron chi connectivity index (χ3n) is 3.56. The minimum absolute atomic E-state index is 0.570. The van der Waals surface area contributed by atoms with Crippen LogP contribution in [0.25, 0.3) is 0 Å². The molecule has 0 aliphatic rings. The van der Waals surface area contributed by atoms with E-state index in [4.69, 9.17) is 0 Å². The summed E-state index contributed by atoms with van der Waals surface area (Å²) >= 11 is 3.54. The van der Waals surface area contributed by atoms with Crippen LogP contribution in [0.3, 0.4) is 0 Å². The number of benzene rings is 2. The first-order valence-corrected chi connectivity index (χ1v) is 8.08. The predicted molar refractivity (Wildman–Crippen MR) is 98.7 cm³/mol. The van der Waals surface area contributed by atoms with Crippen LogP contribution in [0.15, 0.2) is 65.3 Å². The standard InChI is InChI=1S/C18H17BrN4/c1-13-8-9-14(12-16(13)19)21-18-20-11-10-17(22-18)23(2)15-6-4-3-5-7-15/h3-12H,1-2H3,(H,20,21,22). The van der Waals surface area contributed by atoms with Gasteiger partial charge in [0.15, 0.2) is 0 Å². The monoisotopic (exact) mass is 368 g/mol. The van der Waals surface area contributed by atoms with E-state index in [0.29, 0.717) is 5.95 Å². The van der Waals surface area contributed by atoms with Gasteiger partial charge in [-0.25, -0.2) is 4.98 Å². The number of aromatic nitrogens is 2. The van der Waals surface area contributed by atoms with E-state index in [2.05, 4.69) is 38.1 Å². The number of hydrogen-bond acceptors (Lipinski definition) is 4. The Kier molecular flexibility index (Phi) is 4.57. The molecule has 5 heteroatoms. The minimum Gasteiger partial charge on any atom is -0.329 e. The number of anilines is 4. The van der Waals surface area contributed by atoms with Crippen molar-refractivity contribution in [1.29, 1.82) is 0 Å². The van der Waals surface area contributed by atoms with Crippen LogP contribution in [0.2, 0.25) is 0 Å². The molecule has 0 aliphatic heterocycles. The molecule has 0 spiro atoms. The smallest absolute Gasteiger partial charge is 0.229 e. The second-order valence-electron chi connectivity index (χ2n) is 5.22.